The number of halogens is 2. The average molecular weight is 621 g/mol. The highest BCUT2D eigenvalue weighted by Gasteiger charge is 2.33. The predicted molar refractivity (Wildman–Crippen MR) is 153 cm³/mol. The van der Waals surface area contributed by atoms with Crippen molar-refractivity contribution < 1.29 is 18.7 Å². The van der Waals surface area contributed by atoms with Gasteiger partial charge in [0.15, 0.2) is 15.8 Å². The summed E-state index contributed by atoms with van der Waals surface area (Å²) < 4.78 is 26.7. The first-order valence-electron chi connectivity index (χ1n) is 10.6. The first-order chi connectivity index (χ1) is 16.8. The number of benzene rings is 3. The van der Waals surface area contributed by atoms with Crippen molar-refractivity contribution >= 4 is 74.2 Å². The van der Waals surface area contributed by atoms with E-state index in [-0.39, 0.29) is 18.3 Å². The quantitative estimate of drug-likeness (QED) is 0.171. The average Bonchev–Trinajstić information content (AvgIpc) is 3.11. The Balaban J connectivity index is 1.57. The molecule has 1 aliphatic rings. The lowest BCUT2D eigenvalue weighted by Gasteiger charge is -2.17. The molecule has 0 radical (unpaired) electrons. The molecular weight excluding hydrogens is 598 g/mol. The van der Waals surface area contributed by atoms with Crippen molar-refractivity contribution in [2.75, 3.05) is 31.0 Å². The van der Waals surface area contributed by atoms with Crippen molar-refractivity contribution in [1.29, 1.82) is 0 Å². The minimum absolute atomic E-state index is 0.0731. The van der Waals surface area contributed by atoms with E-state index in [0.29, 0.717) is 26.3 Å². The lowest BCUT2D eigenvalue weighted by molar-refractivity contribution is -0.113. The molecule has 5 nitrogen and oxygen atoms in total. The molecule has 0 saturated carbocycles. The second kappa shape index (κ2) is 11.0. The number of hydrogen-bond donors (Lipinski definition) is 0. The van der Waals surface area contributed by atoms with Crippen molar-refractivity contribution in [3.05, 3.63) is 86.1 Å². The van der Waals surface area contributed by atoms with Crippen molar-refractivity contribution in [3.63, 3.8) is 0 Å². The molecule has 35 heavy (non-hydrogen) atoms. The number of nitrogens with zero attached hydrogens (tertiary/aromatic N) is 2. The van der Waals surface area contributed by atoms with Gasteiger partial charge in [-0.05, 0) is 76.7 Å². The zero-order chi connectivity index (χ0) is 25.1. The number of anilines is 2. The summed E-state index contributed by atoms with van der Waals surface area (Å²) in [6.07, 6.45) is 1.79. The van der Waals surface area contributed by atoms with Gasteiger partial charge in [-0.3, -0.25) is 9.69 Å². The SMILES string of the molecule is COc1cc(/C=C2/SC(=S)N(c3ccc(N(C)C)cc3)C2=O)cc(I)c1OCc1ccccc1F. The van der Waals surface area contributed by atoms with Gasteiger partial charge in [-0.2, -0.15) is 0 Å². The number of hydrogen-bond acceptors (Lipinski definition) is 6. The van der Waals surface area contributed by atoms with Crippen LogP contribution < -0.4 is 19.3 Å². The maximum atomic E-state index is 14.0. The molecule has 0 bridgehead atoms. The highest BCUT2D eigenvalue weighted by Crippen LogP contribution is 2.39. The Morgan fingerprint density at radius 1 is 1.14 bits per heavy atom. The third-order valence-electron chi connectivity index (χ3n) is 5.30. The summed E-state index contributed by atoms with van der Waals surface area (Å²) in [6.45, 7) is 0.0731. The molecule has 0 unspecified atom stereocenters. The summed E-state index contributed by atoms with van der Waals surface area (Å²) in [4.78, 5) is 17.2. The first kappa shape index (κ1) is 25.5. The minimum atomic E-state index is -0.323. The van der Waals surface area contributed by atoms with Crippen molar-refractivity contribution in [1.82, 2.24) is 0 Å². The third kappa shape index (κ3) is 5.62. The van der Waals surface area contributed by atoms with E-state index >= 15 is 0 Å². The van der Waals surface area contributed by atoms with Crippen molar-refractivity contribution in [3.8, 4) is 11.5 Å². The van der Waals surface area contributed by atoms with Crippen LogP contribution in [0.4, 0.5) is 15.8 Å². The molecule has 3 aromatic carbocycles. The predicted octanol–water partition coefficient (Wildman–Crippen LogP) is 6.49. The van der Waals surface area contributed by atoms with Gasteiger partial charge in [-0.25, -0.2) is 4.39 Å². The summed E-state index contributed by atoms with van der Waals surface area (Å²) in [5.41, 5.74) is 2.99. The topological polar surface area (TPSA) is 42.0 Å². The van der Waals surface area contributed by atoms with Crippen LogP contribution in [0.5, 0.6) is 11.5 Å². The number of thiocarbonyl (C=S) groups is 1. The highest BCUT2D eigenvalue weighted by atomic mass is 127. The number of rotatable bonds is 7. The van der Waals surface area contributed by atoms with E-state index in [4.69, 9.17) is 21.7 Å². The number of ether oxygens (including phenoxy) is 2. The zero-order valence-electron chi connectivity index (χ0n) is 19.2. The van der Waals surface area contributed by atoms with E-state index in [1.54, 1.807) is 42.4 Å². The van der Waals surface area contributed by atoms with Crippen molar-refractivity contribution in [2.45, 2.75) is 6.61 Å². The van der Waals surface area contributed by atoms with E-state index in [0.717, 1.165) is 20.5 Å². The molecule has 180 valence electrons. The van der Waals surface area contributed by atoms with E-state index < -0.39 is 0 Å². The van der Waals surface area contributed by atoms with Gasteiger partial charge < -0.3 is 14.4 Å². The molecule has 0 N–H and O–H groups in total. The van der Waals surface area contributed by atoms with Crippen LogP contribution in [0.25, 0.3) is 6.08 Å². The van der Waals surface area contributed by atoms with Crippen LogP contribution in [0.2, 0.25) is 0 Å². The molecular formula is C26H22FIN2O3S2. The summed E-state index contributed by atoms with van der Waals surface area (Å²) >= 11 is 8.90. The molecule has 0 atom stereocenters. The second-order valence-corrected chi connectivity index (χ2v) is 10.7. The van der Waals surface area contributed by atoms with Crippen molar-refractivity contribution in [2.24, 2.45) is 0 Å². The fourth-order valence-corrected chi connectivity index (χ4v) is 5.55. The maximum Gasteiger partial charge on any atom is 0.270 e. The van der Waals surface area contributed by atoms with Gasteiger partial charge in [0.05, 0.1) is 21.3 Å². The smallest absolute Gasteiger partial charge is 0.270 e. The van der Waals surface area contributed by atoms with Crippen LogP contribution in [-0.4, -0.2) is 31.4 Å². The summed E-state index contributed by atoms with van der Waals surface area (Å²) in [6, 6.07) is 17.8. The van der Waals surface area contributed by atoms with Gasteiger partial charge in [0.1, 0.15) is 12.4 Å². The van der Waals surface area contributed by atoms with Crippen LogP contribution in [0, 0.1) is 9.39 Å². The fraction of sp³-hybridized carbons (Fsp3) is 0.154. The summed E-state index contributed by atoms with van der Waals surface area (Å²) in [5, 5.41) is 0. The molecule has 9 heteroatoms. The Morgan fingerprint density at radius 3 is 2.51 bits per heavy atom. The standard InChI is InChI=1S/C26H22FIN2O3S2/c1-29(2)18-8-10-19(11-9-18)30-25(31)23(35-26(30)34)14-16-12-21(28)24(22(13-16)32-3)33-15-17-6-4-5-7-20(17)27/h4-14H,15H2,1-3H3/b23-14+. The molecule has 0 spiro atoms. The van der Waals surface area contributed by atoms with E-state index in [1.807, 2.05) is 49.3 Å². The Bertz CT molecular complexity index is 1310. The Kier molecular flexibility index (Phi) is 7.98. The van der Waals surface area contributed by atoms with E-state index in [9.17, 15) is 9.18 Å². The maximum absolute atomic E-state index is 14.0. The van der Waals surface area contributed by atoms with Crippen LogP contribution in [0.1, 0.15) is 11.1 Å². The Morgan fingerprint density at radius 2 is 1.86 bits per heavy atom. The van der Waals surface area contributed by atoms with Gasteiger partial charge in [0.2, 0.25) is 0 Å². The number of methoxy groups -OCH3 is 1. The Labute approximate surface area is 227 Å². The van der Waals surface area contributed by atoms with Crippen LogP contribution in [-0.2, 0) is 11.4 Å². The van der Waals surface area contributed by atoms with Gasteiger partial charge in [0.25, 0.3) is 5.91 Å². The monoisotopic (exact) mass is 620 g/mol. The van der Waals surface area contributed by atoms with Crippen LogP contribution >= 0.6 is 46.6 Å². The molecule has 4 rings (SSSR count). The normalized spacial score (nSPS) is 14.5. The van der Waals surface area contributed by atoms with Crippen LogP contribution in [0.15, 0.2) is 65.6 Å². The molecule has 3 aromatic rings. The molecule has 1 fully saturated rings. The summed E-state index contributed by atoms with van der Waals surface area (Å²) in [7, 11) is 5.47. The number of amides is 1. The van der Waals surface area contributed by atoms with E-state index in [1.165, 1.54) is 17.8 Å². The summed E-state index contributed by atoms with van der Waals surface area (Å²) in [5.74, 6) is 0.513. The number of thioether (sulfide) groups is 1. The third-order valence-corrected chi connectivity index (χ3v) is 7.40. The molecule has 1 amide bonds. The molecule has 0 aliphatic carbocycles. The minimum Gasteiger partial charge on any atom is -0.493 e. The zero-order valence-corrected chi connectivity index (χ0v) is 23.0. The van der Waals surface area contributed by atoms with Gasteiger partial charge in [-0.15, -0.1) is 0 Å². The Hall–Kier alpha value is -2.63. The van der Waals surface area contributed by atoms with Gasteiger partial charge in [-0.1, -0.05) is 42.2 Å². The van der Waals surface area contributed by atoms with Gasteiger partial charge >= 0.3 is 0 Å². The lowest BCUT2D eigenvalue weighted by atomic mass is 10.1. The fourth-order valence-electron chi connectivity index (χ4n) is 3.47. The highest BCUT2D eigenvalue weighted by molar-refractivity contribution is 14.1. The molecule has 0 aromatic heterocycles. The van der Waals surface area contributed by atoms with Gasteiger partial charge in [0, 0.05) is 25.3 Å². The number of carbonyl (C=O) groups excluding carboxylic acids is 1. The van der Waals surface area contributed by atoms with Crippen LogP contribution in [0.3, 0.4) is 0 Å². The number of carbonyl (C=O) groups is 1. The lowest BCUT2D eigenvalue weighted by Crippen LogP contribution is -2.27. The second-order valence-electron chi connectivity index (χ2n) is 7.84. The molecule has 1 saturated heterocycles. The molecule has 1 aliphatic heterocycles. The largest absolute Gasteiger partial charge is 0.493 e. The first-order valence-corrected chi connectivity index (χ1v) is 12.9. The molecule has 1 heterocycles. The van der Waals surface area contributed by atoms with E-state index in [2.05, 4.69) is 22.6 Å².